The van der Waals surface area contributed by atoms with Crippen molar-refractivity contribution in [1.29, 1.82) is 0 Å². The Labute approximate surface area is 81.3 Å². The summed E-state index contributed by atoms with van der Waals surface area (Å²) in [7, 11) is 0. The number of hydrogen-bond donors (Lipinski definition) is 0. The molecule has 0 aliphatic carbocycles. The summed E-state index contributed by atoms with van der Waals surface area (Å²) in [5.74, 6) is -1.02. The molecule has 0 atom stereocenters. The van der Waals surface area contributed by atoms with Crippen molar-refractivity contribution in [3.8, 4) is 0 Å². The van der Waals surface area contributed by atoms with Crippen LogP contribution in [-0.4, -0.2) is 11.9 Å². The van der Waals surface area contributed by atoms with E-state index in [0.29, 0.717) is 0 Å². The van der Waals surface area contributed by atoms with Crippen LogP contribution in [0.4, 0.5) is 0 Å². The van der Waals surface area contributed by atoms with Crippen molar-refractivity contribution in [3.63, 3.8) is 0 Å². The van der Waals surface area contributed by atoms with E-state index in [4.69, 9.17) is 0 Å². The molecule has 0 N–H and O–H groups in total. The lowest BCUT2D eigenvalue weighted by Crippen LogP contribution is -2.06. The van der Waals surface area contributed by atoms with Crippen LogP contribution in [0, 0.1) is 0 Å². The molecule has 0 spiro atoms. The van der Waals surface area contributed by atoms with Gasteiger partial charge in [-0.3, -0.25) is 9.59 Å². The van der Waals surface area contributed by atoms with Crippen LogP contribution in [0.2, 0.25) is 0 Å². The molecule has 1 aromatic heterocycles. The van der Waals surface area contributed by atoms with Gasteiger partial charge in [-0.05, 0) is 10.8 Å². The maximum atomic E-state index is 10.2. The fraction of sp³-hybridized carbons (Fsp3) is 0.333. The second-order valence-corrected chi connectivity index (χ2v) is 2.93. The molecular weight excluding hydrogens is 188 g/mol. The molecule has 1 heterocycles. The fourth-order valence-corrected chi connectivity index (χ4v) is 0.913. The van der Waals surface area contributed by atoms with Gasteiger partial charge in [0.1, 0.15) is 0 Å². The molecule has 0 aliphatic rings. The highest BCUT2D eigenvalue weighted by Gasteiger charge is 1.99. The number of esters is 2. The van der Waals surface area contributed by atoms with Crippen LogP contribution >= 0.6 is 11.3 Å². The normalized spacial score (nSPS) is 8.15. The Kier molecular flexibility index (Phi) is 6.82. The van der Waals surface area contributed by atoms with Gasteiger partial charge in [-0.1, -0.05) is 19.1 Å². The van der Waals surface area contributed by atoms with Crippen LogP contribution in [0.5, 0.6) is 0 Å². The minimum atomic E-state index is -0.545. The van der Waals surface area contributed by atoms with Crippen molar-refractivity contribution in [1.82, 2.24) is 0 Å². The number of ether oxygens (including phenoxy) is 1. The van der Waals surface area contributed by atoms with Crippen LogP contribution in [0.15, 0.2) is 22.9 Å². The van der Waals surface area contributed by atoms with Crippen molar-refractivity contribution in [2.24, 2.45) is 0 Å². The van der Waals surface area contributed by atoms with E-state index in [1.165, 1.54) is 6.92 Å². The molecule has 0 aliphatic heterocycles. The van der Waals surface area contributed by atoms with Gasteiger partial charge < -0.3 is 4.74 Å². The number of hydrogen-bond acceptors (Lipinski definition) is 4. The Morgan fingerprint density at radius 1 is 1.31 bits per heavy atom. The molecule has 13 heavy (non-hydrogen) atoms. The highest BCUT2D eigenvalue weighted by molar-refractivity contribution is 7.07. The molecule has 0 saturated heterocycles. The van der Waals surface area contributed by atoms with Crippen molar-refractivity contribution in [3.05, 3.63) is 22.9 Å². The standard InChI is InChI=1S/C5H8O3.C4H4S/c1-3-5(7)8-4(2)6;1-2-4-5-3-1/h3H2,1-2H3;1-4H. The molecule has 0 radical (unpaired) electrons. The summed E-state index contributed by atoms with van der Waals surface area (Å²) in [6.45, 7) is 2.83. The second-order valence-electron chi connectivity index (χ2n) is 2.11. The van der Waals surface area contributed by atoms with Crippen LogP contribution in [0.3, 0.4) is 0 Å². The van der Waals surface area contributed by atoms with Crippen molar-refractivity contribution >= 4 is 23.3 Å². The molecule has 3 nitrogen and oxygen atoms in total. The minimum Gasteiger partial charge on any atom is -0.393 e. The summed E-state index contributed by atoms with van der Waals surface area (Å²) in [5, 5.41) is 4.08. The van der Waals surface area contributed by atoms with Crippen LogP contribution in [0.25, 0.3) is 0 Å². The lowest BCUT2D eigenvalue weighted by Gasteiger charge is -1.92. The van der Waals surface area contributed by atoms with Crippen LogP contribution in [-0.2, 0) is 14.3 Å². The molecule has 72 valence electrons. The Hall–Kier alpha value is -1.16. The first-order valence-electron chi connectivity index (χ1n) is 3.85. The molecule has 1 rings (SSSR count). The molecule has 0 fully saturated rings. The second kappa shape index (κ2) is 7.49. The lowest BCUT2D eigenvalue weighted by atomic mass is 10.5. The van der Waals surface area contributed by atoms with Crippen molar-refractivity contribution < 1.29 is 14.3 Å². The summed E-state index contributed by atoms with van der Waals surface area (Å²) in [5.41, 5.74) is 0. The molecule has 1 aromatic rings. The Morgan fingerprint density at radius 3 is 2.00 bits per heavy atom. The first kappa shape index (κ1) is 11.8. The van der Waals surface area contributed by atoms with Gasteiger partial charge in [0.15, 0.2) is 0 Å². The fourth-order valence-electron chi connectivity index (χ4n) is 0.459. The highest BCUT2D eigenvalue weighted by atomic mass is 32.1. The molecular formula is C9H12O3S. The number of carbonyl (C=O) groups excluding carboxylic acids is 2. The quantitative estimate of drug-likeness (QED) is 0.515. The predicted octanol–water partition coefficient (Wildman–Crippen LogP) is 2.23. The largest absolute Gasteiger partial charge is 0.393 e. The van der Waals surface area contributed by atoms with Gasteiger partial charge in [0.05, 0.1) is 0 Å². The van der Waals surface area contributed by atoms with Crippen LogP contribution in [0.1, 0.15) is 20.3 Å². The zero-order chi connectivity index (χ0) is 10.1. The van der Waals surface area contributed by atoms with Gasteiger partial charge in [-0.15, -0.1) is 0 Å². The van der Waals surface area contributed by atoms with E-state index in [9.17, 15) is 9.59 Å². The maximum Gasteiger partial charge on any atom is 0.313 e. The first-order chi connectivity index (χ1) is 6.16. The first-order valence-corrected chi connectivity index (χ1v) is 4.79. The van der Waals surface area contributed by atoms with E-state index in [1.807, 2.05) is 22.9 Å². The monoisotopic (exact) mass is 200 g/mol. The smallest absolute Gasteiger partial charge is 0.313 e. The Morgan fingerprint density at radius 2 is 1.85 bits per heavy atom. The van der Waals surface area contributed by atoms with E-state index in [-0.39, 0.29) is 6.42 Å². The van der Waals surface area contributed by atoms with Gasteiger partial charge in [0.2, 0.25) is 0 Å². The van der Waals surface area contributed by atoms with Gasteiger partial charge in [0, 0.05) is 13.3 Å². The third-order valence-corrected chi connectivity index (χ3v) is 1.60. The number of thiophene rings is 1. The van der Waals surface area contributed by atoms with Gasteiger partial charge in [-0.2, -0.15) is 11.3 Å². The highest BCUT2D eigenvalue weighted by Crippen LogP contribution is 1.91. The van der Waals surface area contributed by atoms with Gasteiger partial charge in [0.25, 0.3) is 0 Å². The van der Waals surface area contributed by atoms with E-state index in [2.05, 4.69) is 4.74 Å². The number of rotatable bonds is 1. The average molecular weight is 200 g/mol. The third kappa shape index (κ3) is 8.75. The van der Waals surface area contributed by atoms with Crippen molar-refractivity contribution in [2.75, 3.05) is 0 Å². The number of carbonyl (C=O) groups is 2. The molecule has 0 bridgehead atoms. The van der Waals surface area contributed by atoms with Crippen LogP contribution < -0.4 is 0 Å². The minimum absolute atomic E-state index is 0.250. The van der Waals surface area contributed by atoms with E-state index in [0.717, 1.165) is 0 Å². The summed E-state index contributed by atoms with van der Waals surface area (Å²) < 4.78 is 4.12. The molecule has 0 amide bonds. The molecule has 4 heteroatoms. The topological polar surface area (TPSA) is 43.4 Å². The SMILES string of the molecule is CCC(=O)OC(C)=O.c1ccsc1. The molecule has 0 saturated carbocycles. The van der Waals surface area contributed by atoms with Gasteiger partial charge >= 0.3 is 11.9 Å². The average Bonchev–Trinajstić information content (AvgIpc) is 2.59. The Bertz CT molecular complexity index is 224. The summed E-state index contributed by atoms with van der Waals surface area (Å²) in [4.78, 5) is 20.1. The van der Waals surface area contributed by atoms with Gasteiger partial charge in [-0.25, -0.2) is 0 Å². The van der Waals surface area contributed by atoms with E-state index in [1.54, 1.807) is 18.3 Å². The molecule has 0 unspecified atom stereocenters. The van der Waals surface area contributed by atoms with E-state index < -0.39 is 11.9 Å². The zero-order valence-electron chi connectivity index (χ0n) is 7.65. The third-order valence-electron chi connectivity index (χ3n) is 0.972. The Balaban J connectivity index is 0.000000243. The summed E-state index contributed by atoms with van der Waals surface area (Å²) in [6.07, 6.45) is 0.250. The maximum absolute atomic E-state index is 10.2. The summed E-state index contributed by atoms with van der Waals surface area (Å²) in [6, 6.07) is 4.04. The van der Waals surface area contributed by atoms with E-state index >= 15 is 0 Å². The lowest BCUT2D eigenvalue weighted by molar-refractivity contribution is -0.157. The molecule has 0 aromatic carbocycles. The summed E-state index contributed by atoms with van der Waals surface area (Å²) >= 11 is 1.71. The zero-order valence-corrected chi connectivity index (χ0v) is 8.47. The van der Waals surface area contributed by atoms with Crippen molar-refractivity contribution in [2.45, 2.75) is 20.3 Å². The predicted molar refractivity (Wildman–Crippen MR) is 51.4 cm³/mol.